The van der Waals surface area contributed by atoms with E-state index in [9.17, 15) is 9.59 Å². The first-order valence-corrected chi connectivity index (χ1v) is 10.3. The highest BCUT2D eigenvalue weighted by Crippen LogP contribution is 2.40. The van der Waals surface area contributed by atoms with Crippen molar-refractivity contribution in [1.82, 2.24) is 0 Å². The number of aryl methyl sites for hydroxylation is 1. The van der Waals surface area contributed by atoms with Crippen LogP contribution in [0, 0.1) is 0 Å². The van der Waals surface area contributed by atoms with Crippen molar-refractivity contribution in [2.75, 3.05) is 0 Å². The maximum absolute atomic E-state index is 13.4. The first-order chi connectivity index (χ1) is 15.2. The monoisotopic (exact) mass is 408 g/mol. The number of carbonyl (C=O) groups excluding carboxylic acids is 1. The van der Waals surface area contributed by atoms with Gasteiger partial charge in [-0.2, -0.15) is 0 Å². The zero-order valence-electron chi connectivity index (χ0n) is 17.1. The fourth-order valence-electron chi connectivity index (χ4n) is 4.11. The van der Waals surface area contributed by atoms with E-state index < -0.39 is 5.63 Å². The minimum absolute atomic E-state index is 0.212. The molecule has 3 aromatic carbocycles. The fourth-order valence-corrected chi connectivity index (χ4v) is 4.11. The van der Waals surface area contributed by atoms with Crippen molar-refractivity contribution < 1.29 is 13.6 Å². The van der Waals surface area contributed by atoms with Gasteiger partial charge in [-0.1, -0.05) is 74.0 Å². The van der Waals surface area contributed by atoms with Gasteiger partial charge in [0.25, 0.3) is 0 Å². The molecule has 0 amide bonds. The summed E-state index contributed by atoms with van der Waals surface area (Å²) in [5.74, 6) is 0.0271. The van der Waals surface area contributed by atoms with Crippen LogP contribution in [0.3, 0.4) is 0 Å². The van der Waals surface area contributed by atoms with E-state index in [1.807, 2.05) is 60.7 Å². The quantitative estimate of drug-likeness (QED) is 0.250. The van der Waals surface area contributed by atoms with Crippen LogP contribution in [0.25, 0.3) is 33.1 Å². The lowest BCUT2D eigenvalue weighted by molar-refractivity contribution is 0.101. The van der Waals surface area contributed by atoms with Gasteiger partial charge in [-0.3, -0.25) is 4.79 Å². The van der Waals surface area contributed by atoms with Crippen molar-refractivity contribution in [3.05, 3.63) is 106 Å². The molecular weight excluding hydrogens is 388 g/mol. The van der Waals surface area contributed by atoms with Crippen molar-refractivity contribution >= 4 is 27.7 Å². The number of rotatable bonds is 5. The maximum Gasteiger partial charge on any atom is 0.336 e. The van der Waals surface area contributed by atoms with Crippen LogP contribution in [-0.2, 0) is 6.42 Å². The van der Waals surface area contributed by atoms with Gasteiger partial charge in [0, 0.05) is 22.6 Å². The van der Waals surface area contributed by atoms with E-state index >= 15 is 0 Å². The first kappa shape index (κ1) is 19.1. The molecule has 152 valence electrons. The predicted octanol–water partition coefficient (Wildman–Crippen LogP) is 6.39. The minimum atomic E-state index is -0.403. The summed E-state index contributed by atoms with van der Waals surface area (Å²) in [6.07, 6.45) is 1.67. The molecule has 0 bridgehead atoms. The molecular formula is C27H20O4. The van der Waals surface area contributed by atoms with E-state index in [0.29, 0.717) is 27.7 Å². The average Bonchev–Trinajstić information content (AvgIpc) is 3.20. The Hall–Kier alpha value is -3.92. The first-order valence-electron chi connectivity index (χ1n) is 10.3. The fraction of sp³-hybridized carbons (Fsp3) is 0.111. The third-order valence-electron chi connectivity index (χ3n) is 5.47. The number of fused-ring (bicyclic) bond motifs is 3. The van der Waals surface area contributed by atoms with Crippen molar-refractivity contribution in [2.45, 2.75) is 19.8 Å². The Kier molecular flexibility index (Phi) is 4.75. The van der Waals surface area contributed by atoms with Crippen molar-refractivity contribution in [1.29, 1.82) is 0 Å². The van der Waals surface area contributed by atoms with Gasteiger partial charge in [-0.05, 0) is 29.7 Å². The largest absolute Gasteiger partial charge is 0.452 e. The topological polar surface area (TPSA) is 60.4 Å². The lowest BCUT2D eigenvalue weighted by atomic mass is 9.96. The minimum Gasteiger partial charge on any atom is -0.452 e. The van der Waals surface area contributed by atoms with Crippen LogP contribution < -0.4 is 5.63 Å². The Morgan fingerprint density at radius 1 is 0.871 bits per heavy atom. The molecule has 2 aromatic heterocycles. The Morgan fingerprint density at radius 3 is 2.29 bits per heavy atom. The second-order valence-corrected chi connectivity index (χ2v) is 7.52. The van der Waals surface area contributed by atoms with E-state index in [1.54, 1.807) is 18.2 Å². The molecule has 0 aliphatic rings. The van der Waals surface area contributed by atoms with Crippen LogP contribution in [0.4, 0.5) is 0 Å². The molecule has 0 saturated heterocycles. The van der Waals surface area contributed by atoms with Crippen LogP contribution in [0.2, 0.25) is 0 Å². The Balaban J connectivity index is 1.90. The Morgan fingerprint density at radius 2 is 1.58 bits per heavy atom. The Labute approximate surface area is 178 Å². The molecule has 2 heterocycles. The SMILES string of the molecule is CCCc1cc(=O)oc2c1ccc1oc(C(=O)c3ccccc3)c(-c3ccccc3)c12. The molecule has 4 nitrogen and oxygen atoms in total. The third kappa shape index (κ3) is 3.26. The molecule has 5 aromatic rings. The second-order valence-electron chi connectivity index (χ2n) is 7.52. The zero-order valence-corrected chi connectivity index (χ0v) is 17.1. The van der Waals surface area contributed by atoms with Crippen LogP contribution >= 0.6 is 0 Å². The highest BCUT2D eigenvalue weighted by Gasteiger charge is 2.25. The lowest BCUT2D eigenvalue weighted by Crippen LogP contribution is -2.02. The van der Waals surface area contributed by atoms with Crippen molar-refractivity contribution in [3.8, 4) is 11.1 Å². The van der Waals surface area contributed by atoms with E-state index in [2.05, 4.69) is 6.92 Å². The van der Waals surface area contributed by atoms with Gasteiger partial charge >= 0.3 is 5.63 Å². The third-order valence-corrected chi connectivity index (χ3v) is 5.47. The summed E-state index contributed by atoms with van der Waals surface area (Å²) in [7, 11) is 0. The van der Waals surface area contributed by atoms with E-state index in [4.69, 9.17) is 8.83 Å². The zero-order chi connectivity index (χ0) is 21.4. The number of furan rings is 1. The molecule has 31 heavy (non-hydrogen) atoms. The van der Waals surface area contributed by atoms with E-state index in [0.717, 1.165) is 29.4 Å². The molecule has 5 rings (SSSR count). The van der Waals surface area contributed by atoms with Gasteiger partial charge in [0.1, 0.15) is 11.2 Å². The summed E-state index contributed by atoms with van der Waals surface area (Å²) >= 11 is 0. The molecule has 0 fully saturated rings. The van der Waals surface area contributed by atoms with E-state index in [1.165, 1.54) is 0 Å². The lowest BCUT2D eigenvalue weighted by Gasteiger charge is -2.07. The summed E-state index contributed by atoms with van der Waals surface area (Å²) in [6, 6.07) is 24.0. The Bertz CT molecular complexity index is 1460. The smallest absolute Gasteiger partial charge is 0.336 e. The molecule has 0 N–H and O–H groups in total. The van der Waals surface area contributed by atoms with Gasteiger partial charge in [0.15, 0.2) is 5.76 Å². The number of benzene rings is 3. The summed E-state index contributed by atoms with van der Waals surface area (Å²) in [5.41, 5.74) is 3.52. The van der Waals surface area contributed by atoms with Gasteiger partial charge in [-0.15, -0.1) is 0 Å². The number of ketones is 1. The van der Waals surface area contributed by atoms with Gasteiger partial charge < -0.3 is 8.83 Å². The maximum atomic E-state index is 13.4. The van der Waals surface area contributed by atoms with Crippen molar-refractivity contribution in [3.63, 3.8) is 0 Å². The number of hydrogen-bond donors (Lipinski definition) is 0. The highest BCUT2D eigenvalue weighted by molar-refractivity contribution is 6.20. The molecule has 0 unspecified atom stereocenters. The molecule has 4 heteroatoms. The second kappa shape index (κ2) is 7.73. The van der Waals surface area contributed by atoms with Crippen molar-refractivity contribution in [2.24, 2.45) is 0 Å². The van der Waals surface area contributed by atoms with Gasteiger partial charge in [0.05, 0.1) is 5.39 Å². The summed E-state index contributed by atoms with van der Waals surface area (Å²) < 4.78 is 11.8. The van der Waals surface area contributed by atoms with Gasteiger partial charge in [-0.25, -0.2) is 4.79 Å². The molecule has 0 radical (unpaired) electrons. The molecule has 0 saturated carbocycles. The molecule has 0 aliphatic heterocycles. The average molecular weight is 408 g/mol. The van der Waals surface area contributed by atoms with Crippen LogP contribution in [-0.4, -0.2) is 5.78 Å². The van der Waals surface area contributed by atoms with Gasteiger partial charge in [0.2, 0.25) is 5.78 Å². The highest BCUT2D eigenvalue weighted by atomic mass is 16.4. The summed E-state index contributed by atoms with van der Waals surface area (Å²) in [4.78, 5) is 25.8. The molecule has 0 aliphatic carbocycles. The normalized spacial score (nSPS) is 11.3. The molecule has 0 spiro atoms. The standard InChI is InChI=1S/C27H20O4/c1-2-9-19-16-22(28)31-26-20(19)14-15-21-24(26)23(17-10-5-3-6-11-17)27(30-21)25(29)18-12-7-4-8-13-18/h3-8,10-16H,2,9H2,1H3. The molecule has 0 atom stereocenters. The number of hydrogen-bond acceptors (Lipinski definition) is 4. The summed E-state index contributed by atoms with van der Waals surface area (Å²) in [6.45, 7) is 2.07. The number of carbonyl (C=O) groups is 1. The van der Waals surface area contributed by atoms with Crippen LogP contribution in [0.1, 0.15) is 35.0 Å². The predicted molar refractivity (Wildman–Crippen MR) is 122 cm³/mol. The van der Waals surface area contributed by atoms with Crippen LogP contribution in [0.15, 0.2) is 92.5 Å². The van der Waals surface area contributed by atoms with E-state index in [-0.39, 0.29) is 11.5 Å². The van der Waals surface area contributed by atoms with Crippen LogP contribution in [0.5, 0.6) is 0 Å². The summed E-state index contributed by atoms with van der Waals surface area (Å²) in [5, 5.41) is 1.52.